The fourth-order valence-electron chi connectivity index (χ4n) is 2.79. The zero-order valence-electron chi connectivity index (χ0n) is 13.0. The topological polar surface area (TPSA) is 55.1 Å². The van der Waals surface area contributed by atoms with E-state index in [1.165, 1.54) is 12.1 Å². The zero-order chi connectivity index (χ0) is 16.9. The van der Waals surface area contributed by atoms with Crippen molar-refractivity contribution in [2.45, 2.75) is 18.9 Å². The van der Waals surface area contributed by atoms with E-state index in [9.17, 15) is 9.18 Å². The van der Waals surface area contributed by atoms with Crippen molar-refractivity contribution in [3.63, 3.8) is 0 Å². The SMILES string of the molecule is O=C(O)c1cccc(CC(Cn2ccnc2)c2ccc(F)cc2)c1. The number of nitrogens with zero attached hydrogens (tertiary/aromatic N) is 2. The molecule has 0 bridgehead atoms. The second kappa shape index (κ2) is 7.08. The van der Waals surface area contributed by atoms with E-state index in [2.05, 4.69) is 4.98 Å². The standard InChI is InChI=1S/C19H17FN2O2/c20-18-6-4-15(5-7-18)17(12-22-9-8-21-13-22)11-14-2-1-3-16(10-14)19(23)24/h1-10,13,17H,11-12H2,(H,23,24). The molecule has 0 saturated heterocycles. The Morgan fingerprint density at radius 1 is 1.21 bits per heavy atom. The summed E-state index contributed by atoms with van der Waals surface area (Å²) in [7, 11) is 0. The molecule has 0 spiro atoms. The number of carbonyl (C=O) groups is 1. The van der Waals surface area contributed by atoms with Gasteiger partial charge in [0.15, 0.2) is 0 Å². The van der Waals surface area contributed by atoms with Crippen molar-refractivity contribution in [2.75, 3.05) is 0 Å². The van der Waals surface area contributed by atoms with Gasteiger partial charge < -0.3 is 9.67 Å². The molecule has 2 aromatic carbocycles. The maximum Gasteiger partial charge on any atom is 0.335 e. The van der Waals surface area contributed by atoms with Crippen molar-refractivity contribution < 1.29 is 14.3 Å². The van der Waals surface area contributed by atoms with E-state index in [-0.39, 0.29) is 17.3 Å². The number of carboxylic acid groups (broad SMARTS) is 1. The second-order valence-electron chi connectivity index (χ2n) is 5.72. The first-order valence-corrected chi connectivity index (χ1v) is 7.65. The highest BCUT2D eigenvalue weighted by Crippen LogP contribution is 2.24. The molecule has 0 aliphatic heterocycles. The van der Waals surface area contributed by atoms with E-state index < -0.39 is 5.97 Å². The van der Waals surface area contributed by atoms with Crippen LogP contribution in [0.15, 0.2) is 67.3 Å². The molecule has 1 atom stereocenters. The molecule has 1 N–H and O–H groups in total. The molecule has 3 rings (SSSR count). The Bertz CT molecular complexity index is 814. The van der Waals surface area contributed by atoms with Crippen LogP contribution in [0.1, 0.15) is 27.4 Å². The number of aromatic nitrogens is 2. The highest BCUT2D eigenvalue weighted by molar-refractivity contribution is 5.87. The lowest BCUT2D eigenvalue weighted by Crippen LogP contribution is -2.11. The number of aromatic carboxylic acids is 1. The van der Waals surface area contributed by atoms with Crippen LogP contribution < -0.4 is 0 Å². The number of hydrogen-bond acceptors (Lipinski definition) is 2. The Hall–Kier alpha value is -2.95. The highest BCUT2D eigenvalue weighted by atomic mass is 19.1. The van der Waals surface area contributed by atoms with Crippen molar-refractivity contribution in [3.8, 4) is 0 Å². The van der Waals surface area contributed by atoms with Crippen LogP contribution in [-0.2, 0) is 13.0 Å². The summed E-state index contributed by atoms with van der Waals surface area (Å²) in [5.74, 6) is -1.12. The van der Waals surface area contributed by atoms with E-state index >= 15 is 0 Å². The lowest BCUT2D eigenvalue weighted by molar-refractivity contribution is 0.0696. The molecular formula is C19H17FN2O2. The van der Waals surface area contributed by atoms with E-state index in [4.69, 9.17) is 5.11 Å². The molecular weight excluding hydrogens is 307 g/mol. The third-order valence-electron chi connectivity index (χ3n) is 3.99. The van der Waals surface area contributed by atoms with Crippen molar-refractivity contribution in [1.82, 2.24) is 9.55 Å². The Kier molecular flexibility index (Phi) is 4.70. The van der Waals surface area contributed by atoms with Crippen LogP contribution in [0, 0.1) is 5.82 Å². The molecule has 0 fully saturated rings. The number of carboxylic acids is 1. The monoisotopic (exact) mass is 324 g/mol. The van der Waals surface area contributed by atoms with Gasteiger partial charge in [0.2, 0.25) is 0 Å². The Morgan fingerprint density at radius 2 is 2.00 bits per heavy atom. The van der Waals surface area contributed by atoms with Gasteiger partial charge >= 0.3 is 5.97 Å². The summed E-state index contributed by atoms with van der Waals surface area (Å²) in [6.07, 6.45) is 5.99. The van der Waals surface area contributed by atoms with Gasteiger partial charge in [-0.1, -0.05) is 24.3 Å². The smallest absolute Gasteiger partial charge is 0.335 e. The minimum Gasteiger partial charge on any atom is -0.478 e. The number of benzene rings is 2. The summed E-state index contributed by atoms with van der Waals surface area (Å²) < 4.78 is 15.2. The minimum absolute atomic E-state index is 0.0869. The van der Waals surface area contributed by atoms with E-state index in [1.807, 2.05) is 16.8 Å². The third-order valence-corrected chi connectivity index (χ3v) is 3.99. The van der Waals surface area contributed by atoms with Crippen LogP contribution >= 0.6 is 0 Å². The zero-order valence-corrected chi connectivity index (χ0v) is 13.0. The average molecular weight is 324 g/mol. The summed E-state index contributed by atoms with van der Waals surface area (Å²) >= 11 is 0. The summed E-state index contributed by atoms with van der Waals surface area (Å²) in [4.78, 5) is 15.2. The van der Waals surface area contributed by atoms with Crippen LogP contribution in [0.3, 0.4) is 0 Å². The highest BCUT2D eigenvalue weighted by Gasteiger charge is 2.15. The van der Waals surface area contributed by atoms with Gasteiger partial charge in [-0.3, -0.25) is 0 Å². The summed E-state index contributed by atoms with van der Waals surface area (Å²) in [5.41, 5.74) is 2.21. The molecule has 5 heteroatoms. The van der Waals surface area contributed by atoms with Gasteiger partial charge in [0.05, 0.1) is 11.9 Å². The Balaban J connectivity index is 1.88. The minimum atomic E-state index is -0.940. The number of hydrogen-bond donors (Lipinski definition) is 1. The third kappa shape index (κ3) is 3.87. The van der Waals surface area contributed by atoms with Crippen molar-refractivity contribution >= 4 is 5.97 Å². The van der Waals surface area contributed by atoms with Crippen LogP contribution in [0.2, 0.25) is 0 Å². The Morgan fingerprint density at radius 3 is 2.67 bits per heavy atom. The lowest BCUT2D eigenvalue weighted by Gasteiger charge is -2.18. The molecule has 0 saturated carbocycles. The van der Waals surface area contributed by atoms with E-state index in [0.29, 0.717) is 13.0 Å². The molecule has 122 valence electrons. The van der Waals surface area contributed by atoms with Gasteiger partial charge in [0, 0.05) is 24.9 Å². The molecule has 0 aliphatic rings. The Labute approximate surface area is 139 Å². The van der Waals surface area contributed by atoms with Gasteiger partial charge in [-0.05, 0) is 41.8 Å². The number of rotatable bonds is 6. The predicted octanol–water partition coefficient (Wildman–Crippen LogP) is 3.75. The summed E-state index contributed by atoms with van der Waals surface area (Å²) in [5, 5.41) is 9.14. The van der Waals surface area contributed by atoms with E-state index in [1.54, 1.807) is 42.9 Å². The van der Waals surface area contributed by atoms with Gasteiger partial charge in [-0.2, -0.15) is 0 Å². The predicted molar refractivity (Wildman–Crippen MR) is 88.5 cm³/mol. The molecule has 3 aromatic rings. The van der Waals surface area contributed by atoms with Crippen molar-refractivity contribution in [1.29, 1.82) is 0 Å². The molecule has 4 nitrogen and oxygen atoms in total. The second-order valence-corrected chi connectivity index (χ2v) is 5.72. The quantitative estimate of drug-likeness (QED) is 0.751. The number of halogens is 1. The lowest BCUT2D eigenvalue weighted by atomic mass is 9.91. The maximum atomic E-state index is 13.2. The molecule has 1 aromatic heterocycles. The molecule has 0 aliphatic carbocycles. The van der Waals surface area contributed by atoms with Crippen molar-refractivity contribution in [3.05, 3.63) is 89.8 Å². The molecule has 0 amide bonds. The van der Waals surface area contributed by atoms with Gasteiger partial charge in [-0.25, -0.2) is 14.2 Å². The molecule has 1 unspecified atom stereocenters. The summed E-state index contributed by atoms with van der Waals surface area (Å²) in [6, 6.07) is 13.4. The first-order chi connectivity index (χ1) is 11.6. The van der Waals surface area contributed by atoms with E-state index in [0.717, 1.165) is 11.1 Å². The summed E-state index contributed by atoms with van der Waals surface area (Å²) in [6.45, 7) is 0.683. The number of imidazole rings is 1. The molecule has 1 heterocycles. The average Bonchev–Trinajstić information content (AvgIpc) is 3.08. The fraction of sp³-hybridized carbons (Fsp3) is 0.158. The van der Waals surface area contributed by atoms with Gasteiger partial charge in [0.1, 0.15) is 5.82 Å². The van der Waals surface area contributed by atoms with Crippen LogP contribution in [0.25, 0.3) is 0 Å². The first-order valence-electron chi connectivity index (χ1n) is 7.65. The largest absolute Gasteiger partial charge is 0.478 e. The maximum absolute atomic E-state index is 13.2. The molecule has 24 heavy (non-hydrogen) atoms. The van der Waals surface area contributed by atoms with Crippen LogP contribution in [0.4, 0.5) is 4.39 Å². The van der Waals surface area contributed by atoms with Gasteiger partial charge in [-0.15, -0.1) is 0 Å². The normalized spacial score (nSPS) is 12.0. The molecule has 0 radical (unpaired) electrons. The van der Waals surface area contributed by atoms with Crippen LogP contribution in [-0.4, -0.2) is 20.6 Å². The van der Waals surface area contributed by atoms with Crippen molar-refractivity contribution in [2.24, 2.45) is 0 Å². The fourth-order valence-corrected chi connectivity index (χ4v) is 2.79. The van der Waals surface area contributed by atoms with Gasteiger partial charge in [0.25, 0.3) is 0 Å². The van der Waals surface area contributed by atoms with Crippen LogP contribution in [0.5, 0.6) is 0 Å². The first kappa shape index (κ1) is 15.9.